The van der Waals surface area contributed by atoms with Gasteiger partial charge < -0.3 is 14.8 Å². The van der Waals surface area contributed by atoms with E-state index in [1.807, 2.05) is 36.4 Å². The van der Waals surface area contributed by atoms with Crippen LogP contribution in [0.3, 0.4) is 0 Å². The standard InChI is InChI=1S/C25H30N8O3/c26-18-20-25(34)33(9-8-32-12-16-36-17-13-32)24-21(28-20)23(27-6-7-31-10-14-35-15-11-31)29-22(30-24)19-4-2-1-3-5-19/h1-5H,6-17H2,(H,27,29,30). The Bertz CT molecular complexity index is 1280. The van der Waals surface area contributed by atoms with Crippen molar-refractivity contribution in [3.8, 4) is 17.5 Å². The molecule has 0 aliphatic carbocycles. The van der Waals surface area contributed by atoms with Gasteiger partial charge in [-0.05, 0) is 0 Å². The summed E-state index contributed by atoms with van der Waals surface area (Å²) >= 11 is 0. The first-order valence-electron chi connectivity index (χ1n) is 12.3. The molecule has 2 aromatic heterocycles. The van der Waals surface area contributed by atoms with Gasteiger partial charge in [0.1, 0.15) is 6.07 Å². The Morgan fingerprint density at radius 1 is 0.889 bits per heavy atom. The first-order chi connectivity index (χ1) is 17.7. The van der Waals surface area contributed by atoms with Crippen LogP contribution in [0, 0.1) is 11.3 Å². The summed E-state index contributed by atoms with van der Waals surface area (Å²) < 4.78 is 12.4. The number of hydrogen-bond acceptors (Lipinski definition) is 10. The van der Waals surface area contributed by atoms with Gasteiger partial charge in [-0.1, -0.05) is 30.3 Å². The molecular weight excluding hydrogens is 460 g/mol. The van der Waals surface area contributed by atoms with Gasteiger partial charge in [-0.15, -0.1) is 0 Å². The predicted molar refractivity (Wildman–Crippen MR) is 135 cm³/mol. The van der Waals surface area contributed by atoms with E-state index in [2.05, 4.69) is 20.1 Å². The van der Waals surface area contributed by atoms with E-state index < -0.39 is 5.56 Å². The summed E-state index contributed by atoms with van der Waals surface area (Å²) in [5.74, 6) is 1.02. The van der Waals surface area contributed by atoms with E-state index in [1.165, 1.54) is 0 Å². The number of rotatable bonds is 8. The highest BCUT2D eigenvalue weighted by Gasteiger charge is 2.20. The molecule has 188 valence electrons. The van der Waals surface area contributed by atoms with Gasteiger partial charge in [0, 0.05) is 57.9 Å². The molecule has 0 spiro atoms. The van der Waals surface area contributed by atoms with E-state index in [1.54, 1.807) is 4.57 Å². The van der Waals surface area contributed by atoms with Gasteiger partial charge in [0.2, 0.25) is 5.69 Å². The molecule has 36 heavy (non-hydrogen) atoms. The molecule has 0 amide bonds. The van der Waals surface area contributed by atoms with Gasteiger partial charge in [0.05, 0.1) is 26.4 Å². The van der Waals surface area contributed by atoms with Gasteiger partial charge in [0.25, 0.3) is 5.56 Å². The smallest absolute Gasteiger partial charge is 0.289 e. The molecule has 0 saturated carbocycles. The van der Waals surface area contributed by atoms with Crippen LogP contribution >= 0.6 is 0 Å². The summed E-state index contributed by atoms with van der Waals surface area (Å²) in [6, 6.07) is 11.6. The number of anilines is 1. The van der Waals surface area contributed by atoms with Crippen LogP contribution < -0.4 is 10.9 Å². The van der Waals surface area contributed by atoms with Gasteiger partial charge in [-0.3, -0.25) is 19.2 Å². The van der Waals surface area contributed by atoms with Gasteiger partial charge in [0.15, 0.2) is 22.8 Å². The molecule has 11 nitrogen and oxygen atoms in total. The van der Waals surface area contributed by atoms with E-state index in [0.717, 1.165) is 51.5 Å². The Morgan fingerprint density at radius 2 is 1.56 bits per heavy atom. The molecule has 11 heteroatoms. The van der Waals surface area contributed by atoms with Crippen molar-refractivity contribution >= 4 is 17.0 Å². The average molecular weight is 491 g/mol. The van der Waals surface area contributed by atoms with Gasteiger partial charge in [-0.2, -0.15) is 5.26 Å². The van der Waals surface area contributed by atoms with Crippen molar-refractivity contribution in [3.05, 3.63) is 46.4 Å². The number of ether oxygens (including phenoxy) is 2. The Kier molecular flexibility index (Phi) is 7.78. The second kappa shape index (κ2) is 11.5. The van der Waals surface area contributed by atoms with Crippen molar-refractivity contribution in [1.82, 2.24) is 29.3 Å². The summed E-state index contributed by atoms with van der Waals surface area (Å²) in [5, 5.41) is 13.1. The first kappa shape index (κ1) is 24.3. The Morgan fingerprint density at radius 3 is 2.22 bits per heavy atom. The lowest BCUT2D eigenvalue weighted by Crippen LogP contribution is -2.40. The number of benzene rings is 1. The number of nitriles is 1. The predicted octanol–water partition coefficient (Wildman–Crippen LogP) is 0.801. The van der Waals surface area contributed by atoms with Crippen molar-refractivity contribution in [3.63, 3.8) is 0 Å². The van der Waals surface area contributed by atoms with Crippen LogP contribution in [0.2, 0.25) is 0 Å². The molecule has 0 unspecified atom stereocenters. The molecule has 2 fully saturated rings. The molecule has 2 aliphatic rings. The molecule has 0 atom stereocenters. The van der Waals surface area contributed by atoms with Crippen LogP contribution in [-0.2, 0) is 16.0 Å². The topological polar surface area (TPSA) is 121 Å². The van der Waals surface area contributed by atoms with Crippen LogP contribution in [-0.4, -0.2) is 102 Å². The maximum absolute atomic E-state index is 13.2. The van der Waals surface area contributed by atoms with Crippen LogP contribution in [0.1, 0.15) is 5.69 Å². The fourth-order valence-electron chi connectivity index (χ4n) is 4.46. The number of fused-ring (bicyclic) bond motifs is 1. The fourth-order valence-corrected chi connectivity index (χ4v) is 4.46. The number of nitrogens with one attached hydrogen (secondary N) is 1. The third kappa shape index (κ3) is 5.52. The lowest BCUT2D eigenvalue weighted by Gasteiger charge is -2.27. The van der Waals surface area contributed by atoms with E-state index in [9.17, 15) is 10.1 Å². The van der Waals surface area contributed by atoms with Crippen molar-refractivity contribution in [2.75, 3.05) is 77.6 Å². The van der Waals surface area contributed by atoms with E-state index in [0.29, 0.717) is 55.7 Å². The molecule has 0 bridgehead atoms. The SMILES string of the molecule is N#Cc1nc2c(NCCN3CCOCC3)nc(-c3ccccc3)nc2n(CCN2CCOCC2)c1=O. The van der Waals surface area contributed by atoms with Crippen molar-refractivity contribution < 1.29 is 9.47 Å². The van der Waals surface area contributed by atoms with E-state index >= 15 is 0 Å². The Labute approximate surface area is 209 Å². The summed E-state index contributed by atoms with van der Waals surface area (Å²) in [4.78, 5) is 31.7. The van der Waals surface area contributed by atoms with Crippen molar-refractivity contribution in [1.29, 1.82) is 5.26 Å². The van der Waals surface area contributed by atoms with Gasteiger partial charge in [-0.25, -0.2) is 15.0 Å². The molecule has 1 N–H and O–H groups in total. The zero-order valence-electron chi connectivity index (χ0n) is 20.2. The van der Waals surface area contributed by atoms with Crippen LogP contribution in [0.4, 0.5) is 5.82 Å². The monoisotopic (exact) mass is 490 g/mol. The lowest BCUT2D eigenvalue weighted by atomic mass is 10.2. The van der Waals surface area contributed by atoms with Gasteiger partial charge >= 0.3 is 0 Å². The van der Waals surface area contributed by atoms with E-state index in [4.69, 9.17) is 19.4 Å². The summed E-state index contributed by atoms with van der Waals surface area (Å²) in [5.41, 5.74) is 1.10. The van der Waals surface area contributed by atoms with Crippen molar-refractivity contribution in [2.24, 2.45) is 0 Å². The second-order valence-electron chi connectivity index (χ2n) is 8.80. The summed E-state index contributed by atoms with van der Waals surface area (Å²) in [6.07, 6.45) is 0. The second-order valence-corrected chi connectivity index (χ2v) is 8.80. The zero-order valence-corrected chi connectivity index (χ0v) is 20.2. The Balaban J connectivity index is 1.52. The molecule has 2 saturated heterocycles. The maximum Gasteiger partial charge on any atom is 0.289 e. The molecule has 0 radical (unpaired) electrons. The number of aromatic nitrogens is 4. The summed E-state index contributed by atoms with van der Waals surface area (Å²) in [7, 11) is 0. The minimum Gasteiger partial charge on any atom is -0.379 e. The molecule has 3 aromatic rings. The largest absolute Gasteiger partial charge is 0.379 e. The molecule has 1 aromatic carbocycles. The third-order valence-electron chi connectivity index (χ3n) is 6.50. The first-order valence-corrected chi connectivity index (χ1v) is 12.3. The number of morpholine rings is 2. The van der Waals surface area contributed by atoms with Crippen molar-refractivity contribution in [2.45, 2.75) is 6.54 Å². The molecular formula is C25H30N8O3. The van der Waals surface area contributed by atoms with E-state index in [-0.39, 0.29) is 5.69 Å². The number of hydrogen-bond donors (Lipinski definition) is 1. The number of nitrogens with zero attached hydrogens (tertiary/aromatic N) is 7. The van der Waals surface area contributed by atoms with Crippen LogP contribution in [0.15, 0.2) is 35.1 Å². The highest BCUT2D eigenvalue weighted by molar-refractivity contribution is 5.85. The third-order valence-corrected chi connectivity index (χ3v) is 6.50. The molecule has 2 aliphatic heterocycles. The summed E-state index contributed by atoms with van der Waals surface area (Å²) in [6.45, 7) is 8.70. The highest BCUT2D eigenvalue weighted by atomic mass is 16.5. The van der Waals surface area contributed by atoms with Crippen LogP contribution in [0.25, 0.3) is 22.6 Å². The van der Waals surface area contributed by atoms with Crippen LogP contribution in [0.5, 0.6) is 0 Å². The quantitative estimate of drug-likeness (QED) is 0.485. The average Bonchev–Trinajstić information content (AvgIpc) is 2.94. The minimum absolute atomic E-state index is 0.156. The molecule has 4 heterocycles. The fraction of sp³-hybridized carbons (Fsp3) is 0.480. The maximum atomic E-state index is 13.2. The zero-order chi connectivity index (χ0) is 24.7. The lowest BCUT2D eigenvalue weighted by molar-refractivity contribution is 0.0364. The minimum atomic E-state index is -0.435. The highest BCUT2D eigenvalue weighted by Crippen LogP contribution is 2.23. The Hall–Kier alpha value is -3.43. The molecule has 5 rings (SSSR count). The normalized spacial score (nSPS) is 17.2.